The van der Waals surface area contributed by atoms with E-state index in [9.17, 15) is 4.79 Å². The molecule has 0 saturated carbocycles. The Hall–Kier alpha value is -3.16. The van der Waals surface area contributed by atoms with Crippen LogP contribution in [0.4, 0.5) is 10.6 Å². The van der Waals surface area contributed by atoms with Gasteiger partial charge in [-0.1, -0.05) is 6.07 Å². The number of carbonyl (C=O) groups is 1. The number of fused-ring (bicyclic) bond motifs is 1. The van der Waals surface area contributed by atoms with Crippen molar-refractivity contribution >= 4 is 17.5 Å². The number of urea groups is 1. The fourth-order valence-electron chi connectivity index (χ4n) is 3.51. The Kier molecular flexibility index (Phi) is 4.85. The molecule has 3 aromatic heterocycles. The highest BCUT2D eigenvalue weighted by atomic mass is 16.2. The normalized spacial score (nSPS) is 14.5. The Morgan fingerprint density at radius 1 is 1.11 bits per heavy atom. The van der Waals surface area contributed by atoms with Gasteiger partial charge in [0.2, 0.25) is 0 Å². The van der Waals surface area contributed by atoms with Crippen LogP contribution in [-0.2, 0) is 6.54 Å². The van der Waals surface area contributed by atoms with Crippen molar-refractivity contribution in [2.75, 3.05) is 31.1 Å². The van der Waals surface area contributed by atoms with Gasteiger partial charge in [0.15, 0.2) is 0 Å². The smallest absolute Gasteiger partial charge is 0.317 e. The number of anilines is 1. The molecule has 1 N–H and O–H groups in total. The predicted molar refractivity (Wildman–Crippen MR) is 107 cm³/mol. The average Bonchev–Trinajstić information content (AvgIpc) is 3.13. The van der Waals surface area contributed by atoms with Crippen molar-refractivity contribution in [1.82, 2.24) is 29.6 Å². The summed E-state index contributed by atoms with van der Waals surface area (Å²) in [6.45, 7) is 9.19. The van der Waals surface area contributed by atoms with E-state index in [1.807, 2.05) is 54.5 Å². The molecule has 0 bridgehead atoms. The summed E-state index contributed by atoms with van der Waals surface area (Å²) in [4.78, 5) is 30.2. The standard InChI is InChI=1S/C20H25N7O/c1-14-11-21-16(3)19(23-14)25-7-9-26(10-8-25)20(28)22-12-17-13-27-15(2)5-4-6-18(27)24-17/h4-6,11,13H,7-10,12H2,1-3H3,(H,22,28). The van der Waals surface area contributed by atoms with Crippen LogP contribution in [0.15, 0.2) is 30.6 Å². The van der Waals surface area contributed by atoms with E-state index in [1.165, 1.54) is 0 Å². The maximum Gasteiger partial charge on any atom is 0.317 e. The first-order valence-electron chi connectivity index (χ1n) is 9.53. The van der Waals surface area contributed by atoms with E-state index in [-0.39, 0.29) is 6.03 Å². The van der Waals surface area contributed by atoms with Crippen molar-refractivity contribution in [3.63, 3.8) is 0 Å². The fraction of sp³-hybridized carbons (Fsp3) is 0.400. The minimum atomic E-state index is -0.0551. The minimum absolute atomic E-state index is 0.0551. The molecule has 0 aliphatic carbocycles. The molecule has 8 nitrogen and oxygen atoms in total. The second kappa shape index (κ2) is 7.46. The summed E-state index contributed by atoms with van der Waals surface area (Å²) in [6.07, 6.45) is 3.76. The number of hydrogen-bond acceptors (Lipinski definition) is 5. The first kappa shape index (κ1) is 18.2. The lowest BCUT2D eigenvalue weighted by molar-refractivity contribution is 0.193. The van der Waals surface area contributed by atoms with E-state index in [1.54, 1.807) is 6.20 Å². The summed E-state index contributed by atoms with van der Waals surface area (Å²) in [5.41, 5.74) is 4.70. The number of rotatable bonds is 3. The number of hydrogen-bond donors (Lipinski definition) is 1. The molecule has 1 aliphatic rings. The summed E-state index contributed by atoms with van der Waals surface area (Å²) in [5, 5.41) is 2.99. The van der Waals surface area contributed by atoms with Crippen LogP contribution in [-0.4, -0.2) is 56.5 Å². The highest BCUT2D eigenvalue weighted by Crippen LogP contribution is 2.17. The number of nitrogens with one attached hydrogen (secondary N) is 1. The van der Waals surface area contributed by atoms with Gasteiger partial charge in [0.05, 0.1) is 23.6 Å². The Labute approximate surface area is 164 Å². The van der Waals surface area contributed by atoms with Crippen LogP contribution in [0.2, 0.25) is 0 Å². The number of carbonyl (C=O) groups excluding carboxylic acids is 1. The predicted octanol–water partition coefficient (Wildman–Crippen LogP) is 2.08. The van der Waals surface area contributed by atoms with E-state index in [4.69, 9.17) is 0 Å². The first-order valence-corrected chi connectivity index (χ1v) is 9.53. The molecule has 1 fully saturated rings. The molecule has 0 spiro atoms. The van der Waals surface area contributed by atoms with Crippen molar-refractivity contribution in [3.8, 4) is 0 Å². The van der Waals surface area contributed by atoms with Crippen molar-refractivity contribution in [2.24, 2.45) is 0 Å². The lowest BCUT2D eigenvalue weighted by Crippen LogP contribution is -2.52. The van der Waals surface area contributed by atoms with Gasteiger partial charge in [-0.3, -0.25) is 4.98 Å². The second-order valence-corrected chi connectivity index (χ2v) is 7.18. The summed E-state index contributed by atoms with van der Waals surface area (Å²) in [5.74, 6) is 0.917. The van der Waals surface area contributed by atoms with Gasteiger partial charge in [-0.2, -0.15) is 0 Å². The Balaban J connectivity index is 1.33. The van der Waals surface area contributed by atoms with Crippen molar-refractivity contribution < 1.29 is 4.79 Å². The number of piperazine rings is 1. The Morgan fingerprint density at radius 3 is 2.64 bits per heavy atom. The summed E-state index contributed by atoms with van der Waals surface area (Å²) >= 11 is 0. The van der Waals surface area contributed by atoms with Gasteiger partial charge < -0.3 is 19.5 Å². The number of aryl methyl sites for hydroxylation is 3. The maximum absolute atomic E-state index is 12.6. The molecule has 0 atom stereocenters. The molecule has 0 radical (unpaired) electrons. The van der Waals surface area contributed by atoms with E-state index in [2.05, 4.69) is 25.2 Å². The van der Waals surface area contributed by atoms with Crippen LogP contribution >= 0.6 is 0 Å². The molecule has 0 unspecified atom stereocenters. The molecule has 0 aromatic carbocycles. The van der Waals surface area contributed by atoms with Crippen LogP contribution in [0.25, 0.3) is 5.65 Å². The van der Waals surface area contributed by atoms with E-state index in [0.717, 1.165) is 47.3 Å². The lowest BCUT2D eigenvalue weighted by atomic mass is 10.3. The van der Waals surface area contributed by atoms with Gasteiger partial charge in [0.1, 0.15) is 11.5 Å². The molecular weight excluding hydrogens is 354 g/mol. The second-order valence-electron chi connectivity index (χ2n) is 7.18. The average molecular weight is 379 g/mol. The number of imidazole rings is 1. The highest BCUT2D eigenvalue weighted by molar-refractivity contribution is 5.74. The van der Waals surface area contributed by atoms with Gasteiger partial charge >= 0.3 is 6.03 Å². The molecule has 1 aliphatic heterocycles. The van der Waals surface area contributed by atoms with Gasteiger partial charge in [0.25, 0.3) is 0 Å². The zero-order chi connectivity index (χ0) is 19.7. The van der Waals surface area contributed by atoms with Crippen LogP contribution in [0.1, 0.15) is 22.8 Å². The van der Waals surface area contributed by atoms with Crippen LogP contribution in [0.3, 0.4) is 0 Å². The largest absolute Gasteiger partial charge is 0.352 e. The third-order valence-electron chi connectivity index (χ3n) is 5.08. The SMILES string of the molecule is Cc1cnc(C)c(N2CCN(C(=O)NCc3cn4c(C)cccc4n3)CC2)n1. The van der Waals surface area contributed by atoms with Crippen LogP contribution in [0.5, 0.6) is 0 Å². The van der Waals surface area contributed by atoms with Crippen molar-refractivity contribution in [3.05, 3.63) is 53.4 Å². The molecule has 8 heteroatoms. The molecular formula is C20H25N7O. The van der Waals surface area contributed by atoms with Gasteiger partial charge in [-0.15, -0.1) is 0 Å². The van der Waals surface area contributed by atoms with Crippen molar-refractivity contribution in [2.45, 2.75) is 27.3 Å². The summed E-state index contributed by atoms with van der Waals surface area (Å²) < 4.78 is 2.03. The summed E-state index contributed by atoms with van der Waals surface area (Å²) in [6, 6.07) is 5.94. The maximum atomic E-state index is 12.6. The molecule has 4 rings (SSSR count). The van der Waals surface area contributed by atoms with Crippen molar-refractivity contribution in [1.29, 1.82) is 0 Å². The third-order valence-corrected chi connectivity index (χ3v) is 5.08. The summed E-state index contributed by atoms with van der Waals surface area (Å²) in [7, 11) is 0. The molecule has 3 aromatic rings. The quantitative estimate of drug-likeness (QED) is 0.754. The molecule has 2 amide bonds. The van der Waals surface area contributed by atoms with Crippen LogP contribution < -0.4 is 10.2 Å². The van der Waals surface area contributed by atoms with E-state index in [0.29, 0.717) is 19.6 Å². The number of nitrogens with zero attached hydrogens (tertiary/aromatic N) is 6. The Bertz CT molecular complexity index is 1000. The highest BCUT2D eigenvalue weighted by Gasteiger charge is 2.23. The fourth-order valence-corrected chi connectivity index (χ4v) is 3.51. The lowest BCUT2D eigenvalue weighted by Gasteiger charge is -2.35. The van der Waals surface area contributed by atoms with E-state index < -0.39 is 0 Å². The van der Waals surface area contributed by atoms with Gasteiger partial charge in [-0.05, 0) is 32.9 Å². The molecule has 146 valence electrons. The Morgan fingerprint density at radius 2 is 1.89 bits per heavy atom. The zero-order valence-electron chi connectivity index (χ0n) is 16.5. The monoisotopic (exact) mass is 379 g/mol. The molecule has 1 saturated heterocycles. The number of aromatic nitrogens is 4. The molecule has 28 heavy (non-hydrogen) atoms. The van der Waals surface area contributed by atoms with E-state index >= 15 is 0 Å². The molecule has 4 heterocycles. The van der Waals surface area contributed by atoms with Gasteiger partial charge in [-0.25, -0.2) is 14.8 Å². The zero-order valence-corrected chi connectivity index (χ0v) is 16.5. The number of pyridine rings is 1. The van der Waals surface area contributed by atoms with Crippen LogP contribution in [0, 0.1) is 20.8 Å². The van der Waals surface area contributed by atoms with Gasteiger partial charge in [0, 0.05) is 44.3 Å². The third kappa shape index (κ3) is 3.62. The topological polar surface area (TPSA) is 78.7 Å². The first-order chi connectivity index (χ1) is 13.5. The number of amides is 2. The minimum Gasteiger partial charge on any atom is -0.352 e.